The lowest BCUT2D eigenvalue weighted by molar-refractivity contribution is -0.128. The normalized spacial score (nSPS) is 13.0. The topological polar surface area (TPSA) is 67.0 Å². The maximum absolute atomic E-state index is 12.7. The predicted octanol–water partition coefficient (Wildman–Crippen LogP) is 3.59. The molecule has 0 bridgehead atoms. The van der Waals surface area contributed by atoms with E-state index in [1.165, 1.54) is 0 Å². The van der Waals surface area contributed by atoms with Crippen molar-refractivity contribution in [3.63, 3.8) is 0 Å². The van der Waals surface area contributed by atoms with Crippen molar-refractivity contribution in [1.82, 2.24) is 15.3 Å². The zero-order valence-corrected chi connectivity index (χ0v) is 15.0. The smallest absolute Gasteiger partial charge is 0.261 e. The number of aromatic nitrogens is 2. The first-order chi connectivity index (χ1) is 12.6. The summed E-state index contributed by atoms with van der Waals surface area (Å²) in [6.07, 6.45) is 3.48. The van der Waals surface area contributed by atoms with Crippen LogP contribution in [-0.2, 0) is 11.2 Å². The molecule has 5 nitrogen and oxygen atoms in total. The summed E-state index contributed by atoms with van der Waals surface area (Å²) in [6.45, 7) is 3.77. The molecular weight excluding hydrogens is 326 g/mol. The fraction of sp³-hybridized carbons (Fsp3) is 0.238. The van der Waals surface area contributed by atoms with Crippen LogP contribution in [0.3, 0.4) is 0 Å². The highest BCUT2D eigenvalue weighted by atomic mass is 16.5. The van der Waals surface area contributed by atoms with Crippen LogP contribution in [0.25, 0.3) is 0 Å². The second-order valence-corrected chi connectivity index (χ2v) is 6.28. The number of benzene rings is 2. The number of amides is 1. The molecule has 1 aromatic heterocycles. The number of hydrogen-bond donors (Lipinski definition) is 2. The Morgan fingerprint density at radius 2 is 1.88 bits per heavy atom. The quantitative estimate of drug-likeness (QED) is 0.685. The number of H-pyrrole nitrogens is 1. The van der Waals surface area contributed by atoms with E-state index in [4.69, 9.17) is 4.74 Å². The number of nitrogens with zero attached hydrogens (tertiary/aromatic N) is 1. The monoisotopic (exact) mass is 349 g/mol. The number of imidazole rings is 1. The number of carbonyl (C=O) groups excluding carboxylic acids is 1. The number of carbonyl (C=O) groups is 1. The van der Waals surface area contributed by atoms with Crippen molar-refractivity contribution in [2.75, 3.05) is 0 Å². The average Bonchev–Trinajstić information content (AvgIpc) is 3.17. The summed E-state index contributed by atoms with van der Waals surface area (Å²) in [6, 6.07) is 17.4. The summed E-state index contributed by atoms with van der Waals surface area (Å²) < 4.78 is 5.77. The van der Waals surface area contributed by atoms with Crippen LogP contribution in [0.1, 0.15) is 29.9 Å². The minimum Gasteiger partial charge on any atom is -0.481 e. The van der Waals surface area contributed by atoms with Crippen LogP contribution in [0.2, 0.25) is 0 Å². The van der Waals surface area contributed by atoms with Gasteiger partial charge in [-0.3, -0.25) is 4.79 Å². The Balaban J connectivity index is 1.68. The Hall–Kier alpha value is -3.08. The highest BCUT2D eigenvalue weighted by Gasteiger charge is 2.21. The van der Waals surface area contributed by atoms with Crippen molar-refractivity contribution in [2.45, 2.75) is 32.4 Å². The van der Waals surface area contributed by atoms with Crippen molar-refractivity contribution in [3.05, 3.63) is 83.9 Å². The van der Waals surface area contributed by atoms with Gasteiger partial charge in [-0.2, -0.15) is 0 Å². The predicted molar refractivity (Wildman–Crippen MR) is 101 cm³/mol. The van der Waals surface area contributed by atoms with Crippen LogP contribution in [0.4, 0.5) is 0 Å². The van der Waals surface area contributed by atoms with Crippen LogP contribution in [0, 0.1) is 6.92 Å². The number of aromatic amines is 1. The van der Waals surface area contributed by atoms with Gasteiger partial charge in [0.05, 0.1) is 6.04 Å². The molecule has 2 N–H and O–H groups in total. The lowest BCUT2D eigenvalue weighted by Gasteiger charge is -2.21. The van der Waals surface area contributed by atoms with Crippen LogP contribution in [0.5, 0.6) is 5.75 Å². The molecule has 3 aromatic rings. The zero-order chi connectivity index (χ0) is 18.4. The highest BCUT2D eigenvalue weighted by molar-refractivity contribution is 5.81. The molecule has 1 heterocycles. The van der Waals surface area contributed by atoms with Crippen LogP contribution < -0.4 is 10.1 Å². The highest BCUT2D eigenvalue weighted by Crippen LogP contribution is 2.18. The van der Waals surface area contributed by atoms with E-state index in [9.17, 15) is 4.79 Å². The van der Waals surface area contributed by atoms with E-state index in [2.05, 4.69) is 15.3 Å². The largest absolute Gasteiger partial charge is 0.481 e. The second kappa shape index (κ2) is 8.34. The molecule has 134 valence electrons. The minimum absolute atomic E-state index is 0.161. The minimum atomic E-state index is -0.597. The fourth-order valence-corrected chi connectivity index (χ4v) is 2.70. The Morgan fingerprint density at radius 1 is 1.15 bits per heavy atom. The maximum atomic E-state index is 12.7. The molecule has 0 saturated heterocycles. The van der Waals surface area contributed by atoms with Crippen LogP contribution in [0.15, 0.2) is 67.0 Å². The van der Waals surface area contributed by atoms with Gasteiger partial charge in [0.2, 0.25) is 0 Å². The third kappa shape index (κ3) is 4.72. The molecule has 3 rings (SSSR count). The third-order valence-corrected chi connectivity index (χ3v) is 4.17. The van der Waals surface area contributed by atoms with E-state index in [1.54, 1.807) is 19.3 Å². The molecule has 0 aliphatic heterocycles. The van der Waals surface area contributed by atoms with Gasteiger partial charge in [-0.1, -0.05) is 48.0 Å². The number of aryl methyl sites for hydroxylation is 1. The van der Waals surface area contributed by atoms with Gasteiger partial charge in [-0.05, 0) is 31.5 Å². The molecular formula is C21H23N3O2. The summed E-state index contributed by atoms with van der Waals surface area (Å²) in [7, 11) is 0. The van der Waals surface area contributed by atoms with Gasteiger partial charge in [0, 0.05) is 18.8 Å². The molecule has 0 aliphatic carbocycles. The SMILES string of the molecule is Cc1ccc(O[C@@H](C)C(=O)N[C@@H](Cc2ncc[nH]2)c2ccccc2)cc1. The van der Waals surface area contributed by atoms with Gasteiger partial charge in [-0.15, -0.1) is 0 Å². The lowest BCUT2D eigenvalue weighted by Crippen LogP contribution is -2.39. The van der Waals surface area contributed by atoms with Crippen molar-refractivity contribution in [3.8, 4) is 5.75 Å². The van der Waals surface area contributed by atoms with Crippen LogP contribution >= 0.6 is 0 Å². The first kappa shape index (κ1) is 17.7. The van der Waals surface area contributed by atoms with Crippen molar-refractivity contribution < 1.29 is 9.53 Å². The summed E-state index contributed by atoms with van der Waals surface area (Å²) in [5.74, 6) is 1.35. The molecule has 2 atom stereocenters. The van der Waals surface area contributed by atoms with Crippen LogP contribution in [-0.4, -0.2) is 22.0 Å². The maximum Gasteiger partial charge on any atom is 0.261 e. The van der Waals surface area contributed by atoms with Gasteiger partial charge in [0.1, 0.15) is 11.6 Å². The van der Waals surface area contributed by atoms with Crippen molar-refractivity contribution in [1.29, 1.82) is 0 Å². The van der Waals surface area contributed by atoms with E-state index < -0.39 is 6.10 Å². The molecule has 1 amide bonds. The molecule has 0 saturated carbocycles. The molecule has 0 spiro atoms. The van der Waals surface area contributed by atoms with E-state index in [0.717, 1.165) is 17.0 Å². The lowest BCUT2D eigenvalue weighted by atomic mass is 10.0. The first-order valence-electron chi connectivity index (χ1n) is 8.68. The summed E-state index contributed by atoms with van der Waals surface area (Å²) in [4.78, 5) is 20.0. The molecule has 5 heteroatoms. The van der Waals surface area contributed by atoms with Gasteiger partial charge < -0.3 is 15.0 Å². The van der Waals surface area contributed by atoms with Crippen molar-refractivity contribution >= 4 is 5.91 Å². The number of rotatable bonds is 7. The Bertz CT molecular complexity index is 814. The average molecular weight is 349 g/mol. The van der Waals surface area contributed by atoms with E-state index in [1.807, 2.05) is 61.5 Å². The number of nitrogens with one attached hydrogen (secondary N) is 2. The Morgan fingerprint density at radius 3 is 2.54 bits per heavy atom. The third-order valence-electron chi connectivity index (χ3n) is 4.17. The summed E-state index contributed by atoms with van der Waals surface area (Å²) in [5, 5.41) is 3.08. The van der Waals surface area contributed by atoms with Gasteiger partial charge in [0.15, 0.2) is 6.10 Å². The first-order valence-corrected chi connectivity index (χ1v) is 8.68. The van der Waals surface area contributed by atoms with Gasteiger partial charge in [-0.25, -0.2) is 4.98 Å². The summed E-state index contributed by atoms with van der Waals surface area (Å²) in [5.41, 5.74) is 2.18. The van der Waals surface area contributed by atoms with Gasteiger partial charge in [0.25, 0.3) is 5.91 Å². The standard InChI is InChI=1S/C21H23N3O2/c1-15-8-10-18(11-9-15)26-16(2)21(25)24-19(14-20-22-12-13-23-20)17-6-4-3-5-7-17/h3-13,16,19H,14H2,1-2H3,(H,22,23)(H,24,25)/t16-,19-/m0/s1. The fourth-order valence-electron chi connectivity index (χ4n) is 2.70. The molecule has 0 fully saturated rings. The second-order valence-electron chi connectivity index (χ2n) is 6.28. The number of hydrogen-bond acceptors (Lipinski definition) is 3. The van der Waals surface area contributed by atoms with E-state index in [-0.39, 0.29) is 11.9 Å². The molecule has 0 aliphatic rings. The molecule has 0 unspecified atom stereocenters. The number of ether oxygens (including phenoxy) is 1. The van der Waals surface area contributed by atoms with Gasteiger partial charge >= 0.3 is 0 Å². The zero-order valence-electron chi connectivity index (χ0n) is 15.0. The molecule has 2 aromatic carbocycles. The van der Waals surface area contributed by atoms with E-state index >= 15 is 0 Å². The summed E-state index contributed by atoms with van der Waals surface area (Å²) >= 11 is 0. The van der Waals surface area contributed by atoms with E-state index in [0.29, 0.717) is 12.2 Å². The Kier molecular flexibility index (Phi) is 5.69. The van der Waals surface area contributed by atoms with Crippen molar-refractivity contribution in [2.24, 2.45) is 0 Å². The Labute approximate surface area is 153 Å². The molecule has 0 radical (unpaired) electrons. The molecule has 26 heavy (non-hydrogen) atoms.